The van der Waals surface area contributed by atoms with E-state index in [-0.39, 0.29) is 11.0 Å². The van der Waals surface area contributed by atoms with Gasteiger partial charge < -0.3 is 0 Å². The number of Topliss-reactive ketones (excluding diaryl/α,β-unsaturated/α-hetero) is 1. The van der Waals surface area contributed by atoms with Crippen LogP contribution in [-0.2, 0) is 13.0 Å². The summed E-state index contributed by atoms with van der Waals surface area (Å²) in [5.41, 5.74) is 2.02. The molecular weight excluding hydrogens is 256 g/mol. The summed E-state index contributed by atoms with van der Waals surface area (Å²) in [7, 11) is 0. The lowest BCUT2D eigenvalue weighted by molar-refractivity contribution is 0.0990. The number of hydrogen-bond acceptors (Lipinski definition) is 3. The largest absolute Gasteiger partial charge is 0.293 e. The number of nitrogens with zero attached hydrogens (tertiary/aromatic N) is 2. The van der Waals surface area contributed by atoms with Crippen molar-refractivity contribution in [3.8, 4) is 0 Å². The Labute approximate surface area is 117 Å². The van der Waals surface area contributed by atoms with Crippen molar-refractivity contribution in [2.45, 2.75) is 36.5 Å². The molecule has 0 bridgehead atoms. The van der Waals surface area contributed by atoms with E-state index in [1.807, 2.05) is 23.0 Å². The molecule has 1 atom stereocenters. The molecule has 1 aliphatic rings. The normalized spacial score (nSPS) is 17.4. The zero-order valence-corrected chi connectivity index (χ0v) is 11.7. The number of thioether (sulfide) groups is 1. The molecule has 2 aromatic rings. The fraction of sp³-hybridized carbons (Fsp3) is 0.333. The number of carbonyl (C=O) groups excluding carboxylic acids is 1. The van der Waals surface area contributed by atoms with E-state index in [4.69, 9.17) is 0 Å². The minimum atomic E-state index is 0.0108. The number of aryl methyl sites for hydroxylation is 1. The van der Waals surface area contributed by atoms with Crippen molar-refractivity contribution >= 4 is 17.5 Å². The van der Waals surface area contributed by atoms with Gasteiger partial charge in [-0.25, -0.2) is 0 Å². The molecule has 2 heterocycles. The molecule has 1 aliphatic heterocycles. The summed E-state index contributed by atoms with van der Waals surface area (Å²) in [5, 5.41) is 4.24. The number of ketones is 1. The minimum Gasteiger partial charge on any atom is -0.293 e. The number of carbonyl (C=O) groups is 1. The summed E-state index contributed by atoms with van der Waals surface area (Å²) in [5.74, 6) is 0.198. The summed E-state index contributed by atoms with van der Waals surface area (Å²) in [4.78, 5) is 13.7. The Hall–Kier alpha value is -1.55. The van der Waals surface area contributed by atoms with Crippen LogP contribution in [0, 0.1) is 0 Å². The molecule has 0 fully saturated rings. The summed E-state index contributed by atoms with van der Waals surface area (Å²) in [6.07, 6.45) is 5.43. The Kier molecular flexibility index (Phi) is 3.42. The fourth-order valence-corrected chi connectivity index (χ4v) is 3.63. The molecule has 3 rings (SSSR count). The zero-order valence-electron chi connectivity index (χ0n) is 10.9. The van der Waals surface area contributed by atoms with Crippen LogP contribution in [0.15, 0.2) is 41.6 Å². The lowest BCUT2D eigenvalue weighted by atomic mass is 10.1. The van der Waals surface area contributed by atoms with Crippen LogP contribution in [0.3, 0.4) is 0 Å². The number of rotatable bonds is 4. The third-order valence-corrected chi connectivity index (χ3v) is 4.63. The predicted octanol–water partition coefficient (Wildman–Crippen LogP) is 3.19. The molecule has 1 unspecified atom stereocenters. The van der Waals surface area contributed by atoms with Gasteiger partial charge in [-0.05, 0) is 24.5 Å². The summed E-state index contributed by atoms with van der Waals surface area (Å²) < 4.78 is 1.85. The van der Waals surface area contributed by atoms with Crippen LogP contribution in [0.25, 0.3) is 0 Å². The van der Waals surface area contributed by atoms with E-state index in [9.17, 15) is 4.79 Å². The first-order valence-corrected chi connectivity index (χ1v) is 7.47. The van der Waals surface area contributed by atoms with Crippen LogP contribution in [-0.4, -0.2) is 20.8 Å². The highest BCUT2D eigenvalue weighted by Crippen LogP contribution is 2.38. The van der Waals surface area contributed by atoms with Crippen LogP contribution < -0.4 is 0 Å². The third-order valence-electron chi connectivity index (χ3n) is 3.31. The molecule has 0 saturated heterocycles. The average molecular weight is 272 g/mol. The quantitative estimate of drug-likeness (QED) is 0.802. The van der Waals surface area contributed by atoms with Gasteiger partial charge in [0.15, 0.2) is 5.78 Å². The van der Waals surface area contributed by atoms with Crippen LogP contribution in [0.1, 0.15) is 29.3 Å². The molecule has 0 aliphatic carbocycles. The number of fused-ring (bicyclic) bond motifs is 1. The highest BCUT2D eigenvalue weighted by Gasteiger charge is 2.29. The van der Waals surface area contributed by atoms with Crippen LogP contribution in [0.4, 0.5) is 0 Å². The van der Waals surface area contributed by atoms with Crippen molar-refractivity contribution in [1.82, 2.24) is 9.78 Å². The lowest BCUT2D eigenvalue weighted by Gasteiger charge is -2.04. The van der Waals surface area contributed by atoms with E-state index < -0.39 is 0 Å². The molecule has 98 valence electrons. The standard InChI is InChI=1S/C15H16N2OS/c1-2-7-17-10-12(9-16-17)15(18)14-8-11-5-3-4-6-13(11)19-14/h3-6,9-10,14H,2,7-8H2,1H3. The summed E-state index contributed by atoms with van der Waals surface area (Å²) in [6, 6.07) is 8.26. The third kappa shape index (κ3) is 2.45. The van der Waals surface area contributed by atoms with E-state index in [1.54, 1.807) is 18.0 Å². The maximum Gasteiger partial charge on any atom is 0.179 e. The van der Waals surface area contributed by atoms with Crippen LogP contribution in [0.5, 0.6) is 0 Å². The van der Waals surface area contributed by atoms with Crippen molar-refractivity contribution in [3.63, 3.8) is 0 Å². The molecule has 19 heavy (non-hydrogen) atoms. The van der Waals surface area contributed by atoms with Gasteiger partial charge in [-0.15, -0.1) is 11.8 Å². The molecule has 0 radical (unpaired) electrons. The maximum atomic E-state index is 12.5. The second-order valence-corrected chi connectivity index (χ2v) is 6.02. The Morgan fingerprint density at radius 2 is 2.32 bits per heavy atom. The topological polar surface area (TPSA) is 34.9 Å². The molecule has 0 amide bonds. The maximum absolute atomic E-state index is 12.5. The van der Waals surface area contributed by atoms with E-state index in [0.717, 1.165) is 24.9 Å². The van der Waals surface area contributed by atoms with Crippen molar-refractivity contribution in [2.24, 2.45) is 0 Å². The fourth-order valence-electron chi connectivity index (χ4n) is 2.36. The van der Waals surface area contributed by atoms with Crippen LogP contribution >= 0.6 is 11.8 Å². The smallest absolute Gasteiger partial charge is 0.179 e. The summed E-state index contributed by atoms with van der Waals surface area (Å²) >= 11 is 1.68. The molecule has 1 aromatic carbocycles. The second-order valence-electron chi connectivity index (χ2n) is 4.77. The predicted molar refractivity (Wildman–Crippen MR) is 76.6 cm³/mol. The van der Waals surface area contributed by atoms with Gasteiger partial charge in [0.25, 0.3) is 0 Å². The highest BCUT2D eigenvalue weighted by atomic mass is 32.2. The zero-order chi connectivity index (χ0) is 13.2. The second kappa shape index (κ2) is 5.21. The molecule has 0 saturated carbocycles. The average Bonchev–Trinajstić information content (AvgIpc) is 3.04. The lowest BCUT2D eigenvalue weighted by Crippen LogP contribution is -2.15. The van der Waals surface area contributed by atoms with Gasteiger partial charge in [-0.1, -0.05) is 25.1 Å². The minimum absolute atomic E-state index is 0.0108. The Balaban J connectivity index is 1.75. The van der Waals surface area contributed by atoms with Crippen molar-refractivity contribution in [2.75, 3.05) is 0 Å². The van der Waals surface area contributed by atoms with Gasteiger partial charge in [-0.2, -0.15) is 5.10 Å². The first-order chi connectivity index (χ1) is 9.28. The number of aromatic nitrogens is 2. The van der Waals surface area contributed by atoms with Gasteiger partial charge in [0.2, 0.25) is 0 Å². The highest BCUT2D eigenvalue weighted by molar-refractivity contribution is 8.01. The van der Waals surface area contributed by atoms with E-state index in [1.165, 1.54) is 10.5 Å². The first kappa shape index (κ1) is 12.5. The monoisotopic (exact) mass is 272 g/mol. The van der Waals surface area contributed by atoms with E-state index in [2.05, 4.69) is 24.2 Å². The Morgan fingerprint density at radius 1 is 1.47 bits per heavy atom. The Morgan fingerprint density at radius 3 is 3.11 bits per heavy atom. The van der Waals surface area contributed by atoms with Gasteiger partial charge in [-0.3, -0.25) is 9.48 Å². The number of hydrogen-bond donors (Lipinski definition) is 0. The van der Waals surface area contributed by atoms with Crippen molar-refractivity contribution < 1.29 is 4.79 Å². The molecule has 1 aromatic heterocycles. The van der Waals surface area contributed by atoms with Gasteiger partial charge >= 0.3 is 0 Å². The van der Waals surface area contributed by atoms with Gasteiger partial charge in [0.05, 0.1) is 17.0 Å². The van der Waals surface area contributed by atoms with Crippen LogP contribution in [0.2, 0.25) is 0 Å². The molecular formula is C15H16N2OS. The molecule has 0 N–H and O–H groups in total. The summed E-state index contributed by atoms with van der Waals surface area (Å²) in [6.45, 7) is 2.97. The molecule has 4 heteroatoms. The van der Waals surface area contributed by atoms with Gasteiger partial charge in [0, 0.05) is 17.6 Å². The Bertz CT molecular complexity index is 581. The molecule has 3 nitrogen and oxygen atoms in total. The first-order valence-electron chi connectivity index (χ1n) is 6.59. The van der Waals surface area contributed by atoms with E-state index in [0.29, 0.717) is 0 Å². The molecule has 0 spiro atoms. The SMILES string of the molecule is CCCn1cc(C(=O)C2Cc3ccccc3S2)cn1. The van der Waals surface area contributed by atoms with Crippen molar-refractivity contribution in [3.05, 3.63) is 47.8 Å². The van der Waals surface area contributed by atoms with Crippen molar-refractivity contribution in [1.29, 1.82) is 0 Å². The number of benzene rings is 1. The van der Waals surface area contributed by atoms with E-state index >= 15 is 0 Å². The van der Waals surface area contributed by atoms with Gasteiger partial charge in [0.1, 0.15) is 0 Å².